The lowest BCUT2D eigenvalue weighted by molar-refractivity contribution is -0.110. The van der Waals surface area contributed by atoms with Crippen LogP contribution in [0.1, 0.15) is 21.6 Å². The fraction of sp³-hybridized carbons (Fsp3) is 0.333. The van der Waals surface area contributed by atoms with Crippen LogP contribution in [0, 0.1) is 5.92 Å². The number of amides is 1. The maximum atomic E-state index is 12.0. The van der Waals surface area contributed by atoms with Crippen LogP contribution in [0.2, 0.25) is 5.15 Å². The smallest absolute Gasteiger partial charge is 0.270 e. The number of nitrogens with zero attached hydrogens (tertiary/aromatic N) is 2. The second kappa shape index (κ2) is 8.18. The summed E-state index contributed by atoms with van der Waals surface area (Å²) in [6.07, 6.45) is 4.02. The third-order valence-electron chi connectivity index (χ3n) is 4.30. The first-order valence-corrected chi connectivity index (χ1v) is 8.54. The van der Waals surface area contributed by atoms with Gasteiger partial charge in [-0.15, -0.1) is 0 Å². The van der Waals surface area contributed by atoms with Crippen molar-refractivity contribution >= 4 is 23.8 Å². The van der Waals surface area contributed by atoms with E-state index in [0.29, 0.717) is 12.6 Å². The van der Waals surface area contributed by atoms with Crippen LogP contribution in [0.15, 0.2) is 36.7 Å². The predicted octanol–water partition coefficient (Wildman–Crippen LogP) is 1.43. The van der Waals surface area contributed by atoms with Gasteiger partial charge in [0.05, 0.1) is 0 Å². The summed E-state index contributed by atoms with van der Waals surface area (Å²) in [5.74, 6) is -0.672. The van der Waals surface area contributed by atoms with Crippen molar-refractivity contribution in [2.45, 2.75) is 18.9 Å². The summed E-state index contributed by atoms with van der Waals surface area (Å²) in [6, 6.07) is 10.1. The van der Waals surface area contributed by atoms with Gasteiger partial charge in [0.1, 0.15) is 23.5 Å². The Morgan fingerprint density at radius 2 is 1.96 bits per heavy atom. The van der Waals surface area contributed by atoms with E-state index in [1.54, 1.807) is 0 Å². The Bertz CT molecular complexity index is 743. The monoisotopic (exact) mass is 358 g/mol. The highest BCUT2D eigenvalue weighted by Gasteiger charge is 2.21. The predicted molar refractivity (Wildman–Crippen MR) is 94.6 cm³/mol. The zero-order valence-electron chi connectivity index (χ0n) is 13.6. The summed E-state index contributed by atoms with van der Waals surface area (Å²) in [7, 11) is 0. The number of aromatic nitrogens is 2. The van der Waals surface area contributed by atoms with Gasteiger partial charge in [0.15, 0.2) is 0 Å². The third-order valence-corrected chi connectivity index (χ3v) is 4.51. The van der Waals surface area contributed by atoms with Crippen LogP contribution >= 0.6 is 11.6 Å². The molecule has 1 atom stereocenters. The number of halogens is 1. The fourth-order valence-electron chi connectivity index (χ4n) is 2.96. The van der Waals surface area contributed by atoms with Gasteiger partial charge in [-0.1, -0.05) is 35.9 Å². The molecule has 0 saturated heterocycles. The molecule has 0 aliphatic heterocycles. The largest absolute Gasteiger partial charge is 0.350 e. The first-order chi connectivity index (χ1) is 12.2. The highest BCUT2D eigenvalue weighted by Crippen LogP contribution is 2.21. The molecule has 1 unspecified atom stereocenters. The Labute approximate surface area is 151 Å². The van der Waals surface area contributed by atoms with Crippen LogP contribution in [0.3, 0.4) is 0 Å². The molecule has 2 N–H and O–H groups in total. The summed E-state index contributed by atoms with van der Waals surface area (Å²) in [6.45, 7) is 0.767. The van der Waals surface area contributed by atoms with Gasteiger partial charge in [-0.25, -0.2) is 9.97 Å². The van der Waals surface area contributed by atoms with Gasteiger partial charge in [0, 0.05) is 31.1 Å². The van der Waals surface area contributed by atoms with Crippen molar-refractivity contribution in [3.63, 3.8) is 0 Å². The standard InChI is InChI=1S/C18H19ClN4O2/c19-17-7-16(22-11-23-17)18(25)21-9-12(10-24)8-20-15-5-13-3-1-2-4-14(13)6-15/h1-4,7,10-12,15,20H,5-6,8-9H2,(H,21,25). The number of fused-ring (bicyclic) bond motifs is 1. The second-order valence-corrected chi connectivity index (χ2v) is 6.50. The van der Waals surface area contributed by atoms with Crippen molar-refractivity contribution in [2.75, 3.05) is 13.1 Å². The summed E-state index contributed by atoms with van der Waals surface area (Å²) in [4.78, 5) is 30.9. The molecule has 25 heavy (non-hydrogen) atoms. The lowest BCUT2D eigenvalue weighted by atomic mass is 10.1. The number of aldehydes is 1. The molecule has 3 rings (SSSR count). The first-order valence-electron chi connectivity index (χ1n) is 8.17. The van der Waals surface area contributed by atoms with Gasteiger partial charge in [-0.2, -0.15) is 0 Å². The number of carbonyl (C=O) groups excluding carboxylic acids is 2. The van der Waals surface area contributed by atoms with E-state index in [-0.39, 0.29) is 29.2 Å². The topological polar surface area (TPSA) is 84.0 Å². The van der Waals surface area contributed by atoms with E-state index in [9.17, 15) is 9.59 Å². The number of nitrogens with one attached hydrogen (secondary N) is 2. The highest BCUT2D eigenvalue weighted by atomic mass is 35.5. The maximum Gasteiger partial charge on any atom is 0.270 e. The molecule has 0 radical (unpaired) electrons. The zero-order valence-corrected chi connectivity index (χ0v) is 14.4. The molecule has 0 fully saturated rings. The molecule has 7 heteroatoms. The Morgan fingerprint density at radius 1 is 1.24 bits per heavy atom. The molecule has 1 aromatic carbocycles. The number of benzene rings is 1. The minimum absolute atomic E-state index is 0.184. The van der Waals surface area contributed by atoms with E-state index < -0.39 is 0 Å². The molecule has 1 aromatic heterocycles. The van der Waals surface area contributed by atoms with Crippen LogP contribution in [0.25, 0.3) is 0 Å². The van der Waals surface area contributed by atoms with E-state index >= 15 is 0 Å². The average molecular weight is 359 g/mol. The second-order valence-electron chi connectivity index (χ2n) is 6.11. The van der Waals surface area contributed by atoms with Crippen molar-refractivity contribution in [2.24, 2.45) is 5.92 Å². The van der Waals surface area contributed by atoms with Gasteiger partial charge in [-0.05, 0) is 24.0 Å². The van der Waals surface area contributed by atoms with Crippen molar-refractivity contribution in [3.8, 4) is 0 Å². The molecule has 1 aliphatic carbocycles. The normalized spacial score (nSPS) is 14.8. The Morgan fingerprint density at radius 3 is 2.60 bits per heavy atom. The van der Waals surface area contributed by atoms with Crippen molar-refractivity contribution in [1.82, 2.24) is 20.6 Å². The maximum absolute atomic E-state index is 12.0. The van der Waals surface area contributed by atoms with E-state index in [4.69, 9.17) is 11.6 Å². The number of hydrogen-bond donors (Lipinski definition) is 2. The minimum Gasteiger partial charge on any atom is -0.350 e. The molecule has 0 bridgehead atoms. The van der Waals surface area contributed by atoms with Crippen LogP contribution in [-0.4, -0.2) is 41.3 Å². The molecule has 130 valence electrons. The molecule has 6 nitrogen and oxygen atoms in total. The molecule has 1 amide bonds. The van der Waals surface area contributed by atoms with Gasteiger partial charge in [0.25, 0.3) is 5.91 Å². The van der Waals surface area contributed by atoms with Crippen LogP contribution in [0.4, 0.5) is 0 Å². The Hall–Kier alpha value is -2.31. The van der Waals surface area contributed by atoms with Gasteiger partial charge >= 0.3 is 0 Å². The minimum atomic E-state index is -0.371. The Balaban J connectivity index is 1.46. The van der Waals surface area contributed by atoms with Gasteiger partial charge in [0.2, 0.25) is 0 Å². The highest BCUT2D eigenvalue weighted by molar-refractivity contribution is 6.29. The van der Waals surface area contributed by atoms with E-state index in [2.05, 4.69) is 32.7 Å². The summed E-state index contributed by atoms with van der Waals surface area (Å²) < 4.78 is 0. The molecule has 2 aromatic rings. The average Bonchev–Trinajstić information content (AvgIpc) is 3.04. The van der Waals surface area contributed by atoms with Crippen molar-refractivity contribution in [3.05, 3.63) is 58.6 Å². The van der Waals surface area contributed by atoms with E-state index in [1.165, 1.54) is 23.5 Å². The number of carbonyl (C=O) groups is 2. The molecular weight excluding hydrogens is 340 g/mol. The first kappa shape index (κ1) is 17.5. The van der Waals surface area contributed by atoms with E-state index in [1.807, 2.05) is 12.1 Å². The van der Waals surface area contributed by atoms with Gasteiger partial charge in [-0.3, -0.25) is 4.79 Å². The quantitative estimate of drug-likeness (QED) is 0.578. The number of rotatable bonds is 7. The lowest BCUT2D eigenvalue weighted by Gasteiger charge is -2.16. The molecular formula is C18H19ClN4O2. The van der Waals surface area contributed by atoms with Gasteiger partial charge < -0.3 is 15.4 Å². The summed E-state index contributed by atoms with van der Waals surface area (Å²) in [5.41, 5.74) is 2.90. The van der Waals surface area contributed by atoms with Crippen LogP contribution < -0.4 is 10.6 Å². The molecule has 1 aliphatic rings. The van der Waals surface area contributed by atoms with Crippen molar-refractivity contribution in [1.29, 1.82) is 0 Å². The Kier molecular flexibility index (Phi) is 5.73. The lowest BCUT2D eigenvalue weighted by Crippen LogP contribution is -2.39. The molecule has 0 saturated carbocycles. The van der Waals surface area contributed by atoms with Crippen LogP contribution in [-0.2, 0) is 17.6 Å². The van der Waals surface area contributed by atoms with Crippen molar-refractivity contribution < 1.29 is 9.59 Å². The fourth-order valence-corrected chi connectivity index (χ4v) is 3.11. The third kappa shape index (κ3) is 4.61. The van der Waals surface area contributed by atoms with Crippen LogP contribution in [0.5, 0.6) is 0 Å². The SMILES string of the molecule is O=CC(CNC(=O)c1cc(Cl)ncn1)CNC1Cc2ccccc2C1. The van der Waals surface area contributed by atoms with E-state index in [0.717, 1.165) is 19.1 Å². The summed E-state index contributed by atoms with van der Waals surface area (Å²) >= 11 is 5.74. The summed E-state index contributed by atoms with van der Waals surface area (Å²) in [5, 5.41) is 6.34. The molecule has 1 heterocycles. The molecule has 0 spiro atoms. The zero-order chi connectivity index (χ0) is 17.6. The number of hydrogen-bond acceptors (Lipinski definition) is 5.